The van der Waals surface area contributed by atoms with Crippen LogP contribution >= 0.6 is 23.4 Å². The molecule has 0 radical (unpaired) electrons. The second-order valence-corrected chi connectivity index (χ2v) is 9.07. The van der Waals surface area contributed by atoms with E-state index in [0.29, 0.717) is 18.2 Å². The second kappa shape index (κ2) is 8.38. The summed E-state index contributed by atoms with van der Waals surface area (Å²) >= 11 is 7.64. The summed E-state index contributed by atoms with van der Waals surface area (Å²) in [6.45, 7) is 5.29. The van der Waals surface area contributed by atoms with Crippen LogP contribution in [0.2, 0.25) is 5.02 Å². The van der Waals surface area contributed by atoms with E-state index in [1.165, 1.54) is 17.3 Å². The molecule has 29 heavy (non-hydrogen) atoms. The number of carbonyl (C=O) groups excluding carboxylic acids is 1. The summed E-state index contributed by atoms with van der Waals surface area (Å²) in [5, 5.41) is 1.19. The van der Waals surface area contributed by atoms with Crippen LogP contribution in [0.3, 0.4) is 0 Å². The number of thioether (sulfide) groups is 1. The molecule has 0 saturated carbocycles. The number of carbonyl (C=O) groups is 1. The minimum Gasteiger partial charge on any atom is -0.383 e. The van der Waals surface area contributed by atoms with E-state index in [9.17, 15) is 4.79 Å². The number of imidazole rings is 1. The number of methoxy groups -OCH3 is 1. The Hall–Kier alpha value is -2.02. The SMILES string of the molecule is COCCn1c(SC(C)C(=O)N2c3ccccc3CC2C)nc2cc(Cl)ccc21. The molecule has 0 N–H and O–H groups in total. The summed E-state index contributed by atoms with van der Waals surface area (Å²) in [6, 6.07) is 14.0. The van der Waals surface area contributed by atoms with E-state index in [4.69, 9.17) is 21.3 Å². The maximum Gasteiger partial charge on any atom is 0.240 e. The van der Waals surface area contributed by atoms with Gasteiger partial charge in [-0.25, -0.2) is 4.98 Å². The molecule has 2 unspecified atom stereocenters. The standard InChI is InChI=1S/C22H24ClN3O2S/c1-14-12-16-6-4-5-7-19(16)26(14)21(27)15(2)29-22-24-18-13-17(23)8-9-20(18)25(22)10-11-28-3/h4-9,13-15H,10-12H2,1-3H3. The molecule has 152 valence electrons. The number of anilines is 1. The molecule has 0 bridgehead atoms. The third-order valence-corrected chi connectivity index (χ3v) is 6.58. The summed E-state index contributed by atoms with van der Waals surface area (Å²) in [6.07, 6.45) is 0.893. The van der Waals surface area contributed by atoms with Gasteiger partial charge in [0, 0.05) is 30.4 Å². The van der Waals surface area contributed by atoms with Gasteiger partial charge in [0.2, 0.25) is 5.91 Å². The fourth-order valence-electron chi connectivity index (χ4n) is 3.88. The van der Waals surface area contributed by atoms with Crippen molar-refractivity contribution in [2.45, 2.75) is 43.3 Å². The molecule has 1 aliphatic rings. The smallest absolute Gasteiger partial charge is 0.240 e. The van der Waals surface area contributed by atoms with Crippen molar-refractivity contribution in [1.29, 1.82) is 0 Å². The summed E-state index contributed by atoms with van der Waals surface area (Å²) < 4.78 is 7.37. The monoisotopic (exact) mass is 429 g/mol. The van der Waals surface area contributed by atoms with Gasteiger partial charge < -0.3 is 14.2 Å². The Morgan fingerprint density at radius 2 is 2.14 bits per heavy atom. The van der Waals surface area contributed by atoms with E-state index in [1.54, 1.807) is 7.11 Å². The molecule has 7 heteroatoms. The molecule has 0 spiro atoms. The maximum atomic E-state index is 13.3. The molecule has 4 rings (SSSR count). The van der Waals surface area contributed by atoms with Crippen LogP contribution in [0, 0.1) is 0 Å². The number of rotatable bonds is 6. The normalized spacial score (nSPS) is 17.0. The number of nitrogens with zero attached hydrogens (tertiary/aromatic N) is 3. The average molecular weight is 430 g/mol. The Balaban J connectivity index is 1.62. The van der Waals surface area contributed by atoms with Crippen molar-refractivity contribution in [1.82, 2.24) is 9.55 Å². The van der Waals surface area contributed by atoms with E-state index < -0.39 is 0 Å². The highest BCUT2D eigenvalue weighted by molar-refractivity contribution is 8.00. The van der Waals surface area contributed by atoms with Crippen LogP contribution in [0.25, 0.3) is 11.0 Å². The average Bonchev–Trinajstić information content (AvgIpc) is 3.21. The van der Waals surface area contributed by atoms with Crippen LogP contribution in [0.5, 0.6) is 0 Å². The summed E-state index contributed by atoms with van der Waals surface area (Å²) in [5.74, 6) is 0.107. The van der Waals surface area contributed by atoms with Gasteiger partial charge in [0.1, 0.15) is 0 Å². The van der Waals surface area contributed by atoms with Gasteiger partial charge >= 0.3 is 0 Å². The first kappa shape index (κ1) is 20.3. The van der Waals surface area contributed by atoms with E-state index in [1.807, 2.05) is 48.2 Å². The third-order valence-electron chi connectivity index (χ3n) is 5.27. The number of fused-ring (bicyclic) bond motifs is 2. The molecule has 1 amide bonds. The largest absolute Gasteiger partial charge is 0.383 e. The Morgan fingerprint density at radius 3 is 2.93 bits per heavy atom. The topological polar surface area (TPSA) is 47.4 Å². The zero-order valence-electron chi connectivity index (χ0n) is 16.8. The Kier molecular flexibility index (Phi) is 5.86. The lowest BCUT2D eigenvalue weighted by atomic mass is 10.1. The van der Waals surface area contributed by atoms with Gasteiger partial charge in [-0.2, -0.15) is 0 Å². The zero-order chi connectivity index (χ0) is 20.5. The van der Waals surface area contributed by atoms with E-state index in [0.717, 1.165) is 28.3 Å². The van der Waals surface area contributed by atoms with Crippen LogP contribution in [0.4, 0.5) is 5.69 Å². The molecule has 0 fully saturated rings. The van der Waals surface area contributed by atoms with Crippen molar-refractivity contribution in [3.63, 3.8) is 0 Å². The highest BCUT2D eigenvalue weighted by Gasteiger charge is 2.34. The summed E-state index contributed by atoms with van der Waals surface area (Å²) in [7, 11) is 1.68. The number of benzene rings is 2. The van der Waals surface area contributed by atoms with Crippen molar-refractivity contribution in [3.8, 4) is 0 Å². The van der Waals surface area contributed by atoms with Gasteiger partial charge in [0.25, 0.3) is 0 Å². The highest BCUT2D eigenvalue weighted by Crippen LogP contribution is 2.35. The third kappa shape index (κ3) is 3.89. The fourth-order valence-corrected chi connectivity index (χ4v) is 5.04. The minimum atomic E-state index is -0.266. The second-order valence-electron chi connectivity index (χ2n) is 7.32. The molecule has 2 atom stereocenters. The van der Waals surface area contributed by atoms with Crippen LogP contribution in [0.1, 0.15) is 19.4 Å². The van der Waals surface area contributed by atoms with Gasteiger partial charge in [-0.15, -0.1) is 0 Å². The van der Waals surface area contributed by atoms with Crippen molar-refractivity contribution in [2.24, 2.45) is 0 Å². The van der Waals surface area contributed by atoms with Gasteiger partial charge in [-0.3, -0.25) is 4.79 Å². The van der Waals surface area contributed by atoms with Crippen molar-refractivity contribution in [2.75, 3.05) is 18.6 Å². The van der Waals surface area contributed by atoms with E-state index >= 15 is 0 Å². The lowest BCUT2D eigenvalue weighted by molar-refractivity contribution is -0.118. The lowest BCUT2D eigenvalue weighted by Crippen LogP contribution is -2.40. The fraction of sp³-hybridized carbons (Fsp3) is 0.364. The molecule has 1 aromatic heterocycles. The minimum absolute atomic E-state index is 0.107. The number of amides is 1. The van der Waals surface area contributed by atoms with Crippen LogP contribution < -0.4 is 4.90 Å². The number of hydrogen-bond acceptors (Lipinski definition) is 4. The zero-order valence-corrected chi connectivity index (χ0v) is 18.3. The van der Waals surface area contributed by atoms with Gasteiger partial charge in [-0.1, -0.05) is 41.6 Å². The summed E-state index contributed by atoms with van der Waals surface area (Å²) in [4.78, 5) is 20.0. The van der Waals surface area contributed by atoms with Gasteiger partial charge in [0.15, 0.2) is 5.16 Å². The number of ether oxygens (including phenoxy) is 1. The number of aromatic nitrogens is 2. The van der Waals surface area contributed by atoms with Crippen LogP contribution in [-0.4, -0.2) is 40.5 Å². The molecule has 3 aromatic rings. The summed E-state index contributed by atoms with van der Waals surface area (Å²) in [5.41, 5.74) is 4.08. The first-order chi connectivity index (χ1) is 14.0. The molecule has 1 aliphatic heterocycles. The Morgan fingerprint density at radius 1 is 1.34 bits per heavy atom. The number of hydrogen-bond donors (Lipinski definition) is 0. The quantitative estimate of drug-likeness (QED) is 0.528. The van der Waals surface area contributed by atoms with Crippen molar-refractivity contribution in [3.05, 3.63) is 53.1 Å². The Labute approximate surface area is 180 Å². The van der Waals surface area contributed by atoms with Crippen LogP contribution in [0.15, 0.2) is 47.6 Å². The molecule has 2 aromatic carbocycles. The van der Waals surface area contributed by atoms with E-state index in [2.05, 4.69) is 17.6 Å². The maximum absolute atomic E-state index is 13.3. The first-order valence-electron chi connectivity index (χ1n) is 9.72. The highest BCUT2D eigenvalue weighted by atomic mass is 35.5. The van der Waals surface area contributed by atoms with Crippen molar-refractivity contribution >= 4 is 46.0 Å². The van der Waals surface area contributed by atoms with Crippen LogP contribution in [-0.2, 0) is 22.5 Å². The van der Waals surface area contributed by atoms with Crippen molar-refractivity contribution < 1.29 is 9.53 Å². The molecule has 5 nitrogen and oxygen atoms in total. The molecule has 2 heterocycles. The first-order valence-corrected chi connectivity index (χ1v) is 11.0. The lowest BCUT2D eigenvalue weighted by Gasteiger charge is -2.25. The predicted octanol–water partition coefficient (Wildman–Crippen LogP) is 4.79. The molecule has 0 aliphatic carbocycles. The number of halogens is 1. The van der Waals surface area contributed by atoms with Gasteiger partial charge in [0.05, 0.1) is 22.9 Å². The van der Waals surface area contributed by atoms with E-state index in [-0.39, 0.29) is 17.2 Å². The number of para-hydroxylation sites is 1. The predicted molar refractivity (Wildman–Crippen MR) is 119 cm³/mol. The molecular weight excluding hydrogens is 406 g/mol. The molecule has 0 saturated heterocycles. The molecular formula is C22H24ClN3O2S. The Bertz CT molecular complexity index is 1050. The van der Waals surface area contributed by atoms with Gasteiger partial charge in [-0.05, 0) is 50.1 Å².